The van der Waals surface area contributed by atoms with E-state index >= 15 is 0 Å². The van der Waals surface area contributed by atoms with E-state index in [2.05, 4.69) is 54.5 Å². The van der Waals surface area contributed by atoms with E-state index in [1.54, 1.807) is 0 Å². The van der Waals surface area contributed by atoms with Crippen molar-refractivity contribution < 1.29 is 22.8 Å². The molecule has 0 amide bonds. The molecular formula is C32H59N2O4S-. The van der Waals surface area contributed by atoms with Gasteiger partial charge in [-0.15, -0.1) is 0 Å². The van der Waals surface area contributed by atoms with E-state index in [1.165, 1.54) is 153 Å². The summed E-state index contributed by atoms with van der Waals surface area (Å²) >= 11 is 0. The first-order valence-electron chi connectivity index (χ1n) is 15.9. The lowest BCUT2D eigenvalue weighted by Gasteiger charge is -2.06. The van der Waals surface area contributed by atoms with Crippen LogP contribution in [0.25, 0.3) is 0 Å². The van der Waals surface area contributed by atoms with Crippen molar-refractivity contribution in [1.82, 2.24) is 0 Å². The maximum Gasteiger partial charge on any atom is 0.195 e. The topological polar surface area (TPSA) is 109 Å². The fourth-order valence-electron chi connectivity index (χ4n) is 4.76. The summed E-state index contributed by atoms with van der Waals surface area (Å²) < 4.78 is 34.1. The zero-order valence-electron chi connectivity index (χ0n) is 25.2. The van der Waals surface area contributed by atoms with Crippen LogP contribution in [0.3, 0.4) is 0 Å². The van der Waals surface area contributed by atoms with Crippen LogP contribution in [-0.4, -0.2) is 36.4 Å². The zero-order chi connectivity index (χ0) is 28.9. The predicted molar refractivity (Wildman–Crippen MR) is 163 cm³/mol. The molecular weight excluding hydrogens is 508 g/mol. The van der Waals surface area contributed by atoms with Crippen LogP contribution in [0.4, 0.5) is 0 Å². The average Bonchev–Trinajstić information content (AvgIpc) is 3.43. The van der Waals surface area contributed by atoms with Crippen molar-refractivity contribution in [3.63, 3.8) is 0 Å². The first-order chi connectivity index (χ1) is 18.9. The van der Waals surface area contributed by atoms with Gasteiger partial charge in [-0.3, -0.25) is 13.7 Å². The van der Waals surface area contributed by atoms with Crippen molar-refractivity contribution in [1.29, 1.82) is 0 Å². The van der Waals surface area contributed by atoms with E-state index in [4.69, 9.17) is 17.5 Å². The molecule has 7 heteroatoms. The summed E-state index contributed by atoms with van der Waals surface area (Å²) in [6.45, 7) is 6.80. The predicted octanol–water partition coefficient (Wildman–Crippen LogP) is 7.69. The molecule has 0 atom stereocenters. The molecule has 39 heavy (non-hydrogen) atoms. The van der Waals surface area contributed by atoms with E-state index < -0.39 is 10.4 Å². The molecule has 2 rings (SSSR count). The van der Waals surface area contributed by atoms with Crippen molar-refractivity contribution in [3.8, 4) is 0 Å². The van der Waals surface area contributed by atoms with Gasteiger partial charge < -0.3 is 9.11 Å². The number of hydrogen-bond donors (Lipinski definition) is 1. The third-order valence-electron chi connectivity index (χ3n) is 7.02. The van der Waals surface area contributed by atoms with E-state index in [0.29, 0.717) is 0 Å². The molecule has 0 fully saturated rings. The smallest absolute Gasteiger partial charge is 0.195 e. The quantitative estimate of drug-likeness (QED) is 0.0932. The number of nitrogens with zero attached hydrogens (tertiary/aromatic N) is 1. The Morgan fingerprint density at radius 1 is 0.641 bits per heavy atom. The van der Waals surface area contributed by atoms with Crippen molar-refractivity contribution in [2.24, 2.45) is 4.99 Å². The van der Waals surface area contributed by atoms with Crippen LogP contribution in [0.2, 0.25) is 0 Å². The number of aliphatic imine (C=N–C) groups is 1. The molecule has 1 aliphatic rings. The van der Waals surface area contributed by atoms with Gasteiger partial charge in [0.25, 0.3) is 0 Å². The summed E-state index contributed by atoms with van der Waals surface area (Å²) in [5, 5.41) is 2.31. The maximum atomic E-state index is 8.52. The van der Waals surface area contributed by atoms with Gasteiger partial charge in [-0.05, 0) is 24.8 Å². The number of rotatable bonds is 21. The SMILES string of the molecule is CCCCCCCCCCCC1=NCC[NH2+]1.CCCCCCCCCCCCc1ccccc1.O=S(=O)([O-])[O-]. The minimum absolute atomic E-state index is 1.05. The summed E-state index contributed by atoms with van der Waals surface area (Å²) in [6.07, 6.45) is 29.5. The Morgan fingerprint density at radius 3 is 1.41 bits per heavy atom. The molecule has 0 radical (unpaired) electrons. The minimum atomic E-state index is -5.17. The number of benzene rings is 1. The second-order valence-electron chi connectivity index (χ2n) is 10.8. The minimum Gasteiger partial charge on any atom is -0.759 e. The summed E-state index contributed by atoms with van der Waals surface area (Å²) in [6, 6.07) is 10.9. The van der Waals surface area contributed by atoms with Crippen LogP contribution < -0.4 is 5.32 Å². The zero-order valence-corrected chi connectivity index (χ0v) is 26.0. The van der Waals surface area contributed by atoms with Crippen LogP contribution in [0.5, 0.6) is 0 Å². The van der Waals surface area contributed by atoms with Gasteiger partial charge in [0.15, 0.2) is 5.84 Å². The Labute approximate surface area is 241 Å². The lowest BCUT2D eigenvalue weighted by atomic mass is 10.0. The molecule has 6 nitrogen and oxygen atoms in total. The molecule has 0 aliphatic carbocycles. The largest absolute Gasteiger partial charge is 0.759 e. The fourth-order valence-corrected chi connectivity index (χ4v) is 4.76. The molecule has 1 aromatic carbocycles. The normalized spacial score (nSPS) is 12.8. The molecule has 0 bridgehead atoms. The Kier molecular flexibility index (Phi) is 27.3. The molecule has 0 aromatic heterocycles. The van der Waals surface area contributed by atoms with E-state index in [-0.39, 0.29) is 0 Å². The highest BCUT2D eigenvalue weighted by Gasteiger charge is 2.08. The van der Waals surface area contributed by atoms with Gasteiger partial charge in [0.2, 0.25) is 0 Å². The summed E-state index contributed by atoms with van der Waals surface area (Å²) in [4.78, 5) is 4.46. The molecule has 2 N–H and O–H groups in total. The second-order valence-corrected chi connectivity index (χ2v) is 11.6. The number of unbranched alkanes of at least 4 members (excludes halogenated alkanes) is 17. The number of quaternary nitrogens is 1. The molecule has 1 heterocycles. The number of amidine groups is 1. The Morgan fingerprint density at radius 2 is 1.03 bits per heavy atom. The van der Waals surface area contributed by atoms with Gasteiger partial charge in [0.05, 0.1) is 6.54 Å². The molecule has 0 saturated carbocycles. The fraction of sp³-hybridized carbons (Fsp3) is 0.781. The summed E-state index contributed by atoms with van der Waals surface area (Å²) in [5.74, 6) is 1.38. The van der Waals surface area contributed by atoms with Gasteiger partial charge in [0.1, 0.15) is 6.54 Å². The molecule has 0 unspecified atom stereocenters. The maximum absolute atomic E-state index is 8.52. The first kappa shape index (κ1) is 37.7. The van der Waals surface area contributed by atoms with Crippen LogP contribution >= 0.6 is 0 Å². The van der Waals surface area contributed by atoms with Crippen LogP contribution in [0.15, 0.2) is 35.3 Å². The lowest BCUT2D eigenvalue weighted by molar-refractivity contribution is -0.530. The molecule has 1 aliphatic heterocycles. The lowest BCUT2D eigenvalue weighted by Crippen LogP contribution is -2.85. The van der Waals surface area contributed by atoms with E-state index in [0.717, 1.165) is 6.54 Å². The molecule has 1 aromatic rings. The van der Waals surface area contributed by atoms with Crippen LogP contribution in [0, 0.1) is 0 Å². The third-order valence-corrected chi connectivity index (χ3v) is 7.02. The van der Waals surface area contributed by atoms with Gasteiger partial charge in [0, 0.05) is 16.8 Å². The second kappa shape index (κ2) is 28.3. The highest BCUT2D eigenvalue weighted by molar-refractivity contribution is 7.79. The number of nitrogens with two attached hydrogens (primary N) is 1. The van der Waals surface area contributed by atoms with Crippen LogP contribution in [-0.2, 0) is 16.8 Å². The third kappa shape index (κ3) is 32.8. The average molecular weight is 568 g/mol. The number of hydrogen-bond acceptors (Lipinski definition) is 5. The van der Waals surface area contributed by atoms with Gasteiger partial charge in [-0.25, -0.2) is 4.99 Å². The van der Waals surface area contributed by atoms with Gasteiger partial charge >= 0.3 is 0 Å². The Bertz CT molecular complexity index is 762. The van der Waals surface area contributed by atoms with Gasteiger partial charge in [-0.2, -0.15) is 0 Å². The highest BCUT2D eigenvalue weighted by atomic mass is 32.3. The number of aryl methyl sites for hydroxylation is 1. The van der Waals surface area contributed by atoms with Crippen molar-refractivity contribution >= 4 is 16.2 Å². The summed E-state index contributed by atoms with van der Waals surface area (Å²) in [7, 11) is -5.17. The monoisotopic (exact) mass is 567 g/mol. The van der Waals surface area contributed by atoms with E-state index in [9.17, 15) is 0 Å². The van der Waals surface area contributed by atoms with Crippen molar-refractivity contribution in [3.05, 3.63) is 35.9 Å². The molecule has 0 saturated heterocycles. The van der Waals surface area contributed by atoms with E-state index in [1.807, 2.05) is 0 Å². The Balaban J connectivity index is 0.000000635. The van der Waals surface area contributed by atoms with Crippen LogP contribution in [0.1, 0.15) is 148 Å². The Hall–Kier alpha value is -1.28. The summed E-state index contributed by atoms with van der Waals surface area (Å²) in [5.41, 5.74) is 1.50. The standard InChI is InChI=1S/C18H30.C14H28N2.H2O4S/c1-2-3-4-5-6-7-8-9-10-12-15-18-16-13-11-14-17-18;1-2-3-4-5-6-7-8-9-10-11-14-15-12-13-16-14;1-5(2,3)4/h11,13-14,16-17H,2-10,12,15H2,1H3;2-13H2,1H3,(H,15,16);(H2,1,2,3,4)/p-1. The van der Waals surface area contributed by atoms with Gasteiger partial charge in [-0.1, -0.05) is 153 Å². The first-order valence-corrected chi connectivity index (χ1v) is 17.3. The van der Waals surface area contributed by atoms with Crippen molar-refractivity contribution in [2.75, 3.05) is 13.1 Å². The molecule has 228 valence electrons. The highest BCUT2D eigenvalue weighted by Crippen LogP contribution is 2.12. The van der Waals surface area contributed by atoms with Crippen molar-refractivity contribution in [2.45, 2.75) is 149 Å². The molecule has 0 spiro atoms.